The number of likely N-dealkylation sites (N-methyl/N-ethyl adjacent to an activating group) is 1. The number of hydrogen-bond donors (Lipinski definition) is 1. The van der Waals surface area contributed by atoms with E-state index in [0.717, 1.165) is 31.7 Å². The summed E-state index contributed by atoms with van der Waals surface area (Å²) in [5, 5.41) is 11.3. The average Bonchev–Trinajstić information content (AvgIpc) is 2.53. The summed E-state index contributed by atoms with van der Waals surface area (Å²) >= 11 is 0. The molecule has 0 bridgehead atoms. The number of hydrogen-bond acceptors (Lipinski definition) is 6. The average molecular weight is 300 g/mol. The first-order valence-corrected chi connectivity index (χ1v) is 7.69. The van der Waals surface area contributed by atoms with E-state index >= 15 is 0 Å². The van der Waals surface area contributed by atoms with Crippen molar-refractivity contribution in [2.45, 2.75) is 26.7 Å². The Hall–Kier alpha value is -2.24. The molecule has 0 atom stereocenters. The number of nitrogens with zero attached hydrogens (tertiary/aromatic N) is 5. The van der Waals surface area contributed by atoms with Crippen molar-refractivity contribution in [1.82, 2.24) is 20.2 Å². The summed E-state index contributed by atoms with van der Waals surface area (Å²) in [7, 11) is 2.02. The van der Waals surface area contributed by atoms with Gasteiger partial charge >= 0.3 is 0 Å². The van der Waals surface area contributed by atoms with Crippen LogP contribution in [0.5, 0.6) is 0 Å². The molecule has 0 aliphatic carbocycles. The Bertz CT molecular complexity index is 558. The van der Waals surface area contributed by atoms with Gasteiger partial charge in [0.25, 0.3) is 0 Å². The third kappa shape index (κ3) is 5.27. The molecule has 0 spiro atoms. The van der Waals surface area contributed by atoms with Crippen molar-refractivity contribution in [1.29, 1.82) is 0 Å². The van der Waals surface area contributed by atoms with Crippen LogP contribution in [-0.2, 0) is 6.42 Å². The van der Waals surface area contributed by atoms with E-state index in [1.807, 2.05) is 31.6 Å². The predicted octanol–water partition coefficient (Wildman–Crippen LogP) is 2.40. The highest BCUT2D eigenvalue weighted by atomic mass is 15.3. The molecule has 2 heterocycles. The smallest absolute Gasteiger partial charge is 0.244 e. The standard InChI is InChI=1S/C16H24N6/c1-13(2)4-10-18-16-20-15(12-19-21-16)22(3)11-7-14-5-8-17-9-6-14/h5-6,8-9,12-13H,4,7,10-11H2,1-3H3,(H,18,20,21). The highest BCUT2D eigenvalue weighted by molar-refractivity contribution is 5.39. The molecule has 6 nitrogen and oxygen atoms in total. The van der Waals surface area contributed by atoms with Gasteiger partial charge in [-0.15, -0.1) is 5.10 Å². The molecule has 0 radical (unpaired) electrons. The molecule has 0 amide bonds. The van der Waals surface area contributed by atoms with Crippen LogP contribution < -0.4 is 10.2 Å². The molecule has 0 aliphatic rings. The van der Waals surface area contributed by atoms with Crippen molar-refractivity contribution in [2.24, 2.45) is 5.92 Å². The molecule has 0 saturated carbocycles. The molecular formula is C16H24N6. The molecular weight excluding hydrogens is 276 g/mol. The molecule has 0 aliphatic heterocycles. The minimum absolute atomic E-state index is 0.592. The zero-order valence-corrected chi connectivity index (χ0v) is 13.5. The molecule has 2 aromatic heterocycles. The largest absolute Gasteiger partial charge is 0.358 e. The van der Waals surface area contributed by atoms with Crippen molar-refractivity contribution < 1.29 is 0 Å². The maximum Gasteiger partial charge on any atom is 0.244 e. The number of anilines is 2. The van der Waals surface area contributed by atoms with E-state index in [1.165, 1.54) is 5.56 Å². The van der Waals surface area contributed by atoms with Gasteiger partial charge in [-0.2, -0.15) is 10.1 Å². The van der Waals surface area contributed by atoms with Gasteiger partial charge in [0.05, 0.1) is 6.20 Å². The van der Waals surface area contributed by atoms with Crippen LogP contribution in [0, 0.1) is 5.92 Å². The van der Waals surface area contributed by atoms with Gasteiger partial charge in [-0.25, -0.2) is 0 Å². The summed E-state index contributed by atoms with van der Waals surface area (Å²) in [5.41, 5.74) is 1.26. The molecule has 0 saturated heterocycles. The number of rotatable bonds is 8. The fourth-order valence-corrected chi connectivity index (χ4v) is 1.99. The Morgan fingerprint density at radius 1 is 1.23 bits per heavy atom. The highest BCUT2D eigenvalue weighted by Crippen LogP contribution is 2.10. The van der Waals surface area contributed by atoms with Crippen molar-refractivity contribution >= 4 is 11.8 Å². The Kier molecular flexibility index (Phi) is 6.06. The minimum Gasteiger partial charge on any atom is -0.358 e. The first-order valence-electron chi connectivity index (χ1n) is 7.69. The molecule has 118 valence electrons. The van der Waals surface area contributed by atoms with E-state index in [4.69, 9.17) is 0 Å². The maximum absolute atomic E-state index is 4.51. The van der Waals surface area contributed by atoms with E-state index in [2.05, 4.69) is 44.2 Å². The van der Waals surface area contributed by atoms with Gasteiger partial charge < -0.3 is 10.2 Å². The number of nitrogens with one attached hydrogen (secondary N) is 1. The van der Waals surface area contributed by atoms with Crippen LogP contribution in [-0.4, -0.2) is 40.3 Å². The Balaban J connectivity index is 1.88. The lowest BCUT2D eigenvalue weighted by Crippen LogP contribution is -2.22. The second-order valence-corrected chi connectivity index (χ2v) is 5.77. The molecule has 0 aromatic carbocycles. The zero-order chi connectivity index (χ0) is 15.8. The van der Waals surface area contributed by atoms with Crippen LogP contribution in [0.4, 0.5) is 11.8 Å². The Labute approximate surface area is 132 Å². The van der Waals surface area contributed by atoms with Gasteiger partial charge in [-0.1, -0.05) is 13.8 Å². The van der Waals surface area contributed by atoms with Crippen molar-refractivity contribution in [3.8, 4) is 0 Å². The SMILES string of the molecule is CC(C)CCNc1nncc(N(C)CCc2ccncc2)n1. The summed E-state index contributed by atoms with van der Waals surface area (Å²) in [6, 6.07) is 4.07. The van der Waals surface area contributed by atoms with E-state index < -0.39 is 0 Å². The normalized spacial score (nSPS) is 10.7. The van der Waals surface area contributed by atoms with E-state index in [0.29, 0.717) is 11.9 Å². The van der Waals surface area contributed by atoms with E-state index in [1.54, 1.807) is 6.20 Å². The maximum atomic E-state index is 4.51. The first-order chi connectivity index (χ1) is 10.6. The molecule has 2 rings (SSSR count). The summed E-state index contributed by atoms with van der Waals surface area (Å²) < 4.78 is 0. The Morgan fingerprint density at radius 3 is 2.73 bits per heavy atom. The van der Waals surface area contributed by atoms with E-state index in [9.17, 15) is 0 Å². The van der Waals surface area contributed by atoms with Gasteiger partial charge in [-0.3, -0.25) is 4.98 Å². The van der Waals surface area contributed by atoms with Gasteiger partial charge in [-0.05, 0) is 36.5 Å². The lowest BCUT2D eigenvalue weighted by Gasteiger charge is -2.18. The highest BCUT2D eigenvalue weighted by Gasteiger charge is 2.06. The predicted molar refractivity (Wildman–Crippen MR) is 89.0 cm³/mol. The summed E-state index contributed by atoms with van der Waals surface area (Å²) in [6.45, 7) is 6.13. The topological polar surface area (TPSA) is 66.8 Å². The third-order valence-electron chi connectivity index (χ3n) is 3.43. The van der Waals surface area contributed by atoms with Crippen molar-refractivity contribution in [3.05, 3.63) is 36.3 Å². The van der Waals surface area contributed by atoms with E-state index in [-0.39, 0.29) is 0 Å². The minimum atomic E-state index is 0.592. The summed E-state index contributed by atoms with van der Waals surface area (Å²) in [6.07, 6.45) is 7.36. The molecule has 22 heavy (non-hydrogen) atoms. The first kappa shape index (κ1) is 16.1. The zero-order valence-electron chi connectivity index (χ0n) is 13.5. The second kappa shape index (κ2) is 8.26. The van der Waals surface area contributed by atoms with Crippen LogP contribution in [0.3, 0.4) is 0 Å². The number of pyridine rings is 1. The molecule has 2 aromatic rings. The molecule has 0 unspecified atom stereocenters. The summed E-state index contributed by atoms with van der Waals surface area (Å²) in [4.78, 5) is 10.6. The Morgan fingerprint density at radius 2 is 2.00 bits per heavy atom. The van der Waals surface area contributed by atoms with Crippen LogP contribution in [0.25, 0.3) is 0 Å². The van der Waals surface area contributed by atoms with Crippen molar-refractivity contribution in [2.75, 3.05) is 30.4 Å². The number of aromatic nitrogens is 4. The van der Waals surface area contributed by atoms with Gasteiger partial charge in [0.15, 0.2) is 5.82 Å². The van der Waals surface area contributed by atoms with Crippen LogP contribution in [0.15, 0.2) is 30.7 Å². The van der Waals surface area contributed by atoms with Crippen LogP contribution >= 0.6 is 0 Å². The van der Waals surface area contributed by atoms with Crippen LogP contribution in [0.1, 0.15) is 25.8 Å². The lowest BCUT2D eigenvalue weighted by molar-refractivity contribution is 0.605. The van der Waals surface area contributed by atoms with Gasteiger partial charge in [0.1, 0.15) is 0 Å². The summed E-state index contributed by atoms with van der Waals surface area (Å²) in [5.74, 6) is 2.08. The fraction of sp³-hybridized carbons (Fsp3) is 0.500. The lowest BCUT2D eigenvalue weighted by atomic mass is 10.1. The van der Waals surface area contributed by atoms with Gasteiger partial charge in [0, 0.05) is 32.5 Å². The molecule has 6 heteroatoms. The van der Waals surface area contributed by atoms with Crippen LogP contribution in [0.2, 0.25) is 0 Å². The second-order valence-electron chi connectivity index (χ2n) is 5.77. The monoisotopic (exact) mass is 300 g/mol. The quantitative estimate of drug-likeness (QED) is 0.807. The molecule has 0 fully saturated rings. The van der Waals surface area contributed by atoms with Gasteiger partial charge in [0.2, 0.25) is 5.95 Å². The molecule has 1 N–H and O–H groups in total. The van der Waals surface area contributed by atoms with Crippen molar-refractivity contribution in [3.63, 3.8) is 0 Å². The third-order valence-corrected chi connectivity index (χ3v) is 3.43. The fourth-order valence-electron chi connectivity index (χ4n) is 1.99.